The maximum Gasteiger partial charge on any atom is 0.221 e. The number of rotatable bonds is 6. The predicted octanol–water partition coefficient (Wildman–Crippen LogP) is 2.89. The van der Waals surface area contributed by atoms with E-state index in [1.807, 2.05) is 13.0 Å². The molecule has 0 bridgehead atoms. The molecular formula is C19H29IN4O. The van der Waals surface area contributed by atoms with Crippen LogP contribution in [0.3, 0.4) is 0 Å². The third-order valence-electron chi connectivity index (χ3n) is 4.07. The van der Waals surface area contributed by atoms with Gasteiger partial charge in [-0.2, -0.15) is 0 Å². The fourth-order valence-corrected chi connectivity index (χ4v) is 2.75. The minimum Gasteiger partial charge on any atom is -0.356 e. The summed E-state index contributed by atoms with van der Waals surface area (Å²) in [5.41, 5.74) is 2.69. The average molecular weight is 456 g/mol. The summed E-state index contributed by atoms with van der Waals surface area (Å²) >= 11 is 0. The summed E-state index contributed by atoms with van der Waals surface area (Å²) in [5, 5.41) is 6.17. The van der Waals surface area contributed by atoms with E-state index in [9.17, 15) is 4.79 Å². The molecule has 0 saturated carbocycles. The second-order valence-electron chi connectivity index (χ2n) is 5.87. The number of nitrogens with one attached hydrogen (secondary N) is 2. The Morgan fingerprint density at radius 1 is 1.20 bits per heavy atom. The van der Waals surface area contributed by atoms with E-state index >= 15 is 0 Å². The third-order valence-corrected chi connectivity index (χ3v) is 4.07. The van der Waals surface area contributed by atoms with Crippen molar-refractivity contribution in [2.45, 2.75) is 26.2 Å². The van der Waals surface area contributed by atoms with Crippen molar-refractivity contribution in [2.75, 3.05) is 33.2 Å². The molecule has 0 fully saturated rings. The zero-order valence-corrected chi connectivity index (χ0v) is 17.5. The van der Waals surface area contributed by atoms with Crippen molar-refractivity contribution in [2.24, 2.45) is 4.99 Å². The van der Waals surface area contributed by atoms with Gasteiger partial charge in [0.1, 0.15) is 0 Å². The fourth-order valence-electron chi connectivity index (χ4n) is 2.75. The van der Waals surface area contributed by atoms with Gasteiger partial charge in [0.15, 0.2) is 5.96 Å². The third kappa shape index (κ3) is 7.05. The number of amides is 1. The second kappa shape index (κ2) is 11.9. The molecule has 138 valence electrons. The van der Waals surface area contributed by atoms with Gasteiger partial charge in [0.2, 0.25) is 5.91 Å². The van der Waals surface area contributed by atoms with Crippen LogP contribution in [0, 0.1) is 0 Å². The molecule has 2 N–H and O–H groups in total. The molecule has 1 aromatic carbocycles. The number of hydrogen-bond acceptors (Lipinski definition) is 2. The van der Waals surface area contributed by atoms with E-state index in [1.165, 1.54) is 11.1 Å². The molecule has 25 heavy (non-hydrogen) atoms. The summed E-state index contributed by atoms with van der Waals surface area (Å²) in [4.78, 5) is 18.2. The van der Waals surface area contributed by atoms with Crippen LogP contribution in [-0.4, -0.2) is 50.0 Å². The first-order chi connectivity index (χ1) is 11.7. The molecule has 1 amide bonds. The molecule has 1 heterocycles. The molecule has 0 spiro atoms. The van der Waals surface area contributed by atoms with Crippen molar-refractivity contribution in [3.63, 3.8) is 0 Å². The van der Waals surface area contributed by atoms with Crippen molar-refractivity contribution >= 4 is 41.4 Å². The minimum atomic E-state index is 0. The maximum atomic E-state index is 11.6. The average Bonchev–Trinajstić information content (AvgIpc) is 2.64. The summed E-state index contributed by atoms with van der Waals surface area (Å²) in [6, 6.07) is 10.5. The molecule has 0 saturated heterocycles. The first kappa shape index (κ1) is 21.5. The van der Waals surface area contributed by atoms with Gasteiger partial charge < -0.3 is 15.5 Å². The van der Waals surface area contributed by atoms with Gasteiger partial charge in [0.05, 0.1) is 0 Å². The van der Waals surface area contributed by atoms with Gasteiger partial charge in [0.25, 0.3) is 0 Å². The number of nitrogens with zero attached hydrogens (tertiary/aromatic N) is 2. The van der Waals surface area contributed by atoms with Gasteiger partial charge in [-0.25, -0.2) is 0 Å². The molecule has 0 unspecified atom stereocenters. The van der Waals surface area contributed by atoms with Crippen LogP contribution in [0.5, 0.6) is 0 Å². The second-order valence-corrected chi connectivity index (χ2v) is 5.87. The molecular weight excluding hydrogens is 427 g/mol. The van der Waals surface area contributed by atoms with Crippen molar-refractivity contribution in [1.29, 1.82) is 0 Å². The highest BCUT2D eigenvalue weighted by molar-refractivity contribution is 14.0. The van der Waals surface area contributed by atoms with E-state index in [1.54, 1.807) is 7.05 Å². The molecule has 2 rings (SSSR count). The zero-order valence-electron chi connectivity index (χ0n) is 15.1. The van der Waals surface area contributed by atoms with Gasteiger partial charge >= 0.3 is 0 Å². The smallest absolute Gasteiger partial charge is 0.221 e. The van der Waals surface area contributed by atoms with Crippen LogP contribution in [0.4, 0.5) is 0 Å². The van der Waals surface area contributed by atoms with Gasteiger partial charge in [-0.1, -0.05) is 43.3 Å². The SMILES string of the molecule is CCCNC(=O)CCNC(=NC)N1CC=C(c2ccccc2)CC1.I. The Morgan fingerprint density at radius 2 is 1.96 bits per heavy atom. The lowest BCUT2D eigenvalue weighted by Gasteiger charge is -2.29. The normalized spacial score (nSPS) is 14.4. The molecule has 0 radical (unpaired) electrons. The topological polar surface area (TPSA) is 56.7 Å². The Bertz CT molecular complexity index is 586. The van der Waals surface area contributed by atoms with E-state index in [2.05, 4.69) is 50.9 Å². The number of aliphatic imine (C=N–C) groups is 1. The van der Waals surface area contributed by atoms with Crippen LogP contribution in [0.15, 0.2) is 41.4 Å². The largest absolute Gasteiger partial charge is 0.356 e. The molecule has 1 aliphatic heterocycles. The molecule has 0 aromatic heterocycles. The Hall–Kier alpha value is -1.57. The van der Waals surface area contributed by atoms with E-state index in [0.29, 0.717) is 13.0 Å². The van der Waals surface area contributed by atoms with E-state index in [-0.39, 0.29) is 29.9 Å². The first-order valence-corrected chi connectivity index (χ1v) is 8.71. The summed E-state index contributed by atoms with van der Waals surface area (Å²) in [6.45, 7) is 5.17. The van der Waals surface area contributed by atoms with Crippen LogP contribution in [0.2, 0.25) is 0 Å². The summed E-state index contributed by atoms with van der Waals surface area (Å²) in [7, 11) is 1.79. The van der Waals surface area contributed by atoms with E-state index < -0.39 is 0 Å². The first-order valence-electron chi connectivity index (χ1n) is 8.71. The van der Waals surface area contributed by atoms with Crippen LogP contribution >= 0.6 is 24.0 Å². The lowest BCUT2D eigenvalue weighted by molar-refractivity contribution is -0.120. The van der Waals surface area contributed by atoms with Crippen molar-refractivity contribution in [3.05, 3.63) is 42.0 Å². The minimum absolute atomic E-state index is 0. The van der Waals surface area contributed by atoms with Gasteiger partial charge in [-0.15, -0.1) is 24.0 Å². The van der Waals surface area contributed by atoms with Crippen LogP contribution < -0.4 is 10.6 Å². The molecule has 0 aliphatic carbocycles. The molecule has 6 heteroatoms. The Kier molecular flexibility index (Phi) is 10.2. The number of halogens is 1. The zero-order chi connectivity index (χ0) is 17.2. The Balaban J connectivity index is 0.00000312. The summed E-state index contributed by atoms with van der Waals surface area (Å²) in [6.07, 6.45) is 4.70. The van der Waals surface area contributed by atoms with Crippen molar-refractivity contribution < 1.29 is 4.79 Å². The van der Waals surface area contributed by atoms with E-state index in [0.717, 1.165) is 38.4 Å². The number of benzene rings is 1. The number of hydrogen-bond donors (Lipinski definition) is 2. The maximum absolute atomic E-state index is 11.6. The van der Waals surface area contributed by atoms with Gasteiger partial charge in [0, 0.05) is 39.6 Å². The molecule has 0 atom stereocenters. The highest BCUT2D eigenvalue weighted by atomic mass is 127. The fraction of sp³-hybridized carbons (Fsp3) is 0.474. The highest BCUT2D eigenvalue weighted by Gasteiger charge is 2.16. The standard InChI is InChI=1S/C19H28N4O.HI/c1-3-12-21-18(24)9-13-22-19(20-2)23-14-10-17(11-15-23)16-7-5-4-6-8-16;/h4-8,10H,3,9,11-15H2,1-2H3,(H,20,22)(H,21,24);1H. The lowest BCUT2D eigenvalue weighted by atomic mass is 10.00. The molecule has 1 aromatic rings. The van der Waals surface area contributed by atoms with Crippen LogP contribution in [0.25, 0.3) is 5.57 Å². The Labute approximate surface area is 168 Å². The summed E-state index contributed by atoms with van der Waals surface area (Å²) in [5.74, 6) is 0.950. The molecule has 5 nitrogen and oxygen atoms in total. The molecule has 1 aliphatic rings. The van der Waals surface area contributed by atoms with E-state index in [4.69, 9.17) is 0 Å². The summed E-state index contributed by atoms with van der Waals surface area (Å²) < 4.78 is 0. The number of carbonyl (C=O) groups is 1. The predicted molar refractivity (Wildman–Crippen MR) is 115 cm³/mol. The monoisotopic (exact) mass is 456 g/mol. The van der Waals surface area contributed by atoms with Crippen LogP contribution in [0.1, 0.15) is 31.7 Å². The number of guanidine groups is 1. The number of carbonyl (C=O) groups excluding carboxylic acids is 1. The van der Waals surface area contributed by atoms with Crippen molar-refractivity contribution in [3.8, 4) is 0 Å². The highest BCUT2D eigenvalue weighted by Crippen LogP contribution is 2.21. The van der Waals surface area contributed by atoms with Crippen molar-refractivity contribution in [1.82, 2.24) is 15.5 Å². The Morgan fingerprint density at radius 3 is 2.56 bits per heavy atom. The van der Waals surface area contributed by atoms with Gasteiger partial charge in [-0.3, -0.25) is 9.79 Å². The quantitative estimate of drug-likeness (QED) is 0.393. The van der Waals surface area contributed by atoms with Gasteiger partial charge in [-0.05, 0) is 24.0 Å². The van der Waals surface area contributed by atoms with Crippen LogP contribution in [-0.2, 0) is 4.79 Å². The lowest BCUT2D eigenvalue weighted by Crippen LogP contribution is -2.44.